The van der Waals surface area contributed by atoms with Gasteiger partial charge < -0.3 is 14.6 Å². The van der Waals surface area contributed by atoms with Gasteiger partial charge in [-0.05, 0) is 12.8 Å². The minimum atomic E-state index is -0.750. The quantitative estimate of drug-likeness (QED) is 0.462. The van der Waals surface area contributed by atoms with Gasteiger partial charge in [-0.25, -0.2) is 0 Å². The molecule has 1 N–H and O–H groups in total. The standard InChI is InChI=1S/C14H26O5/c1-3-5-7-9-13(16)18-11-12(10-15)19-14(17)8-6-4-2/h12,15H,3-11H2,1-2H3/t12-/m0/s1. The summed E-state index contributed by atoms with van der Waals surface area (Å²) in [6, 6.07) is 0. The van der Waals surface area contributed by atoms with E-state index in [1.807, 2.05) is 6.92 Å². The second-order valence-electron chi connectivity index (χ2n) is 4.54. The van der Waals surface area contributed by atoms with Gasteiger partial charge in [-0.3, -0.25) is 9.59 Å². The van der Waals surface area contributed by atoms with Crippen molar-refractivity contribution in [3.05, 3.63) is 0 Å². The van der Waals surface area contributed by atoms with Crippen molar-refractivity contribution in [2.24, 2.45) is 0 Å². The predicted octanol–water partition coefficient (Wildman–Crippen LogP) is 2.20. The molecule has 0 aliphatic rings. The molecule has 5 nitrogen and oxygen atoms in total. The molecule has 0 aromatic heterocycles. The minimum absolute atomic E-state index is 0.0701. The van der Waals surface area contributed by atoms with Crippen molar-refractivity contribution in [1.82, 2.24) is 0 Å². The Balaban J connectivity index is 3.79. The van der Waals surface area contributed by atoms with Crippen LogP contribution in [0.1, 0.15) is 58.8 Å². The fourth-order valence-corrected chi connectivity index (χ4v) is 1.47. The molecule has 0 fully saturated rings. The number of carbonyl (C=O) groups excluding carboxylic acids is 2. The van der Waals surface area contributed by atoms with Crippen LogP contribution < -0.4 is 0 Å². The lowest BCUT2D eigenvalue weighted by Gasteiger charge is -2.15. The molecule has 0 amide bonds. The van der Waals surface area contributed by atoms with Crippen LogP contribution in [0.15, 0.2) is 0 Å². The Morgan fingerprint density at radius 3 is 2.21 bits per heavy atom. The molecule has 1 atom stereocenters. The summed E-state index contributed by atoms with van der Waals surface area (Å²) >= 11 is 0. The number of ether oxygens (including phenoxy) is 2. The molecule has 0 saturated heterocycles. The summed E-state index contributed by atoms with van der Waals surface area (Å²) in [5, 5.41) is 9.06. The van der Waals surface area contributed by atoms with Crippen LogP contribution in [0.5, 0.6) is 0 Å². The minimum Gasteiger partial charge on any atom is -0.462 e. The summed E-state index contributed by atoms with van der Waals surface area (Å²) in [6.45, 7) is 3.64. The SMILES string of the molecule is CCCCCC(=O)OC[C@H](CO)OC(=O)CCCC. The van der Waals surface area contributed by atoms with Crippen LogP contribution in [0, 0.1) is 0 Å². The Bertz CT molecular complexity index is 252. The van der Waals surface area contributed by atoms with Gasteiger partial charge >= 0.3 is 11.9 Å². The smallest absolute Gasteiger partial charge is 0.306 e. The maximum Gasteiger partial charge on any atom is 0.306 e. The van der Waals surface area contributed by atoms with Crippen molar-refractivity contribution >= 4 is 11.9 Å². The summed E-state index contributed by atoms with van der Waals surface area (Å²) in [4.78, 5) is 22.7. The van der Waals surface area contributed by atoms with E-state index in [0.29, 0.717) is 12.8 Å². The first-order chi connectivity index (χ1) is 9.13. The molecule has 0 radical (unpaired) electrons. The van der Waals surface area contributed by atoms with E-state index in [1.54, 1.807) is 0 Å². The van der Waals surface area contributed by atoms with Crippen molar-refractivity contribution in [1.29, 1.82) is 0 Å². The molecule has 112 valence electrons. The number of rotatable bonds is 11. The molecule has 0 aromatic rings. The topological polar surface area (TPSA) is 72.8 Å². The molecule has 19 heavy (non-hydrogen) atoms. The van der Waals surface area contributed by atoms with E-state index in [4.69, 9.17) is 14.6 Å². The number of aliphatic hydroxyl groups excluding tert-OH is 1. The molecule has 0 heterocycles. The summed E-state index contributed by atoms with van der Waals surface area (Å²) in [5.74, 6) is -0.667. The lowest BCUT2D eigenvalue weighted by atomic mass is 10.2. The molecule has 0 spiro atoms. The third-order valence-electron chi connectivity index (χ3n) is 2.65. The van der Waals surface area contributed by atoms with Gasteiger partial charge in [-0.2, -0.15) is 0 Å². The Kier molecular flexibility index (Phi) is 11.3. The summed E-state index contributed by atoms with van der Waals surface area (Å²) in [6.07, 6.45) is 4.45. The van der Waals surface area contributed by atoms with Gasteiger partial charge in [0, 0.05) is 12.8 Å². The highest BCUT2D eigenvalue weighted by Crippen LogP contribution is 2.04. The van der Waals surface area contributed by atoms with E-state index in [0.717, 1.165) is 32.1 Å². The highest BCUT2D eigenvalue weighted by Gasteiger charge is 2.15. The lowest BCUT2D eigenvalue weighted by Crippen LogP contribution is -2.28. The fourth-order valence-electron chi connectivity index (χ4n) is 1.47. The Labute approximate surface area is 115 Å². The normalized spacial score (nSPS) is 11.9. The van der Waals surface area contributed by atoms with Crippen molar-refractivity contribution in [2.45, 2.75) is 64.9 Å². The predicted molar refractivity (Wildman–Crippen MR) is 71.6 cm³/mol. The zero-order chi connectivity index (χ0) is 14.5. The fraction of sp³-hybridized carbons (Fsp3) is 0.857. The van der Waals surface area contributed by atoms with Crippen molar-refractivity contribution in [2.75, 3.05) is 13.2 Å². The number of hydrogen-bond donors (Lipinski definition) is 1. The molecule has 5 heteroatoms. The van der Waals surface area contributed by atoms with E-state index in [-0.39, 0.29) is 25.2 Å². The average Bonchev–Trinajstić information content (AvgIpc) is 2.41. The Morgan fingerprint density at radius 2 is 1.63 bits per heavy atom. The molecule has 0 rings (SSSR count). The van der Waals surface area contributed by atoms with Crippen molar-refractivity contribution < 1.29 is 24.2 Å². The van der Waals surface area contributed by atoms with E-state index >= 15 is 0 Å². The summed E-state index contributed by atoms with van der Waals surface area (Å²) in [5.41, 5.74) is 0. The molecule has 0 unspecified atom stereocenters. The van der Waals surface area contributed by atoms with Gasteiger partial charge in [0.1, 0.15) is 6.61 Å². The monoisotopic (exact) mass is 274 g/mol. The third kappa shape index (κ3) is 10.5. The first-order valence-corrected chi connectivity index (χ1v) is 7.09. The molecule has 0 aliphatic heterocycles. The van der Waals surface area contributed by atoms with Crippen LogP contribution in [0.4, 0.5) is 0 Å². The number of hydrogen-bond acceptors (Lipinski definition) is 5. The van der Waals surface area contributed by atoms with E-state index in [9.17, 15) is 9.59 Å². The molecular formula is C14H26O5. The zero-order valence-corrected chi connectivity index (χ0v) is 12.0. The molecule has 0 aromatic carbocycles. The molecular weight excluding hydrogens is 248 g/mol. The maximum atomic E-state index is 11.4. The van der Waals surface area contributed by atoms with Gasteiger partial charge in [-0.15, -0.1) is 0 Å². The van der Waals surface area contributed by atoms with Gasteiger partial charge in [0.05, 0.1) is 6.61 Å². The largest absolute Gasteiger partial charge is 0.462 e. The maximum absolute atomic E-state index is 11.4. The second-order valence-corrected chi connectivity index (χ2v) is 4.54. The first-order valence-electron chi connectivity index (χ1n) is 7.09. The van der Waals surface area contributed by atoms with Crippen LogP contribution in [0.25, 0.3) is 0 Å². The van der Waals surface area contributed by atoms with E-state index in [2.05, 4.69) is 6.92 Å². The van der Waals surface area contributed by atoms with Crippen molar-refractivity contribution in [3.63, 3.8) is 0 Å². The number of carbonyl (C=O) groups is 2. The zero-order valence-electron chi connectivity index (χ0n) is 12.0. The molecule has 0 bridgehead atoms. The van der Waals surface area contributed by atoms with Gasteiger partial charge in [0.25, 0.3) is 0 Å². The van der Waals surface area contributed by atoms with Crippen LogP contribution in [0.3, 0.4) is 0 Å². The van der Waals surface area contributed by atoms with Gasteiger partial charge in [-0.1, -0.05) is 33.1 Å². The third-order valence-corrected chi connectivity index (χ3v) is 2.65. The number of aliphatic hydroxyl groups is 1. The van der Waals surface area contributed by atoms with Crippen LogP contribution in [0.2, 0.25) is 0 Å². The van der Waals surface area contributed by atoms with Crippen LogP contribution in [-0.4, -0.2) is 36.4 Å². The molecule has 0 aliphatic carbocycles. The van der Waals surface area contributed by atoms with Crippen LogP contribution in [-0.2, 0) is 19.1 Å². The van der Waals surface area contributed by atoms with Crippen molar-refractivity contribution in [3.8, 4) is 0 Å². The Morgan fingerprint density at radius 1 is 1.00 bits per heavy atom. The van der Waals surface area contributed by atoms with Gasteiger partial charge in [0.15, 0.2) is 6.10 Å². The van der Waals surface area contributed by atoms with Gasteiger partial charge in [0.2, 0.25) is 0 Å². The van der Waals surface area contributed by atoms with E-state index < -0.39 is 6.10 Å². The number of esters is 2. The molecule has 0 saturated carbocycles. The summed E-state index contributed by atoms with van der Waals surface area (Å²) < 4.78 is 9.98. The second kappa shape index (κ2) is 12.0. The highest BCUT2D eigenvalue weighted by atomic mass is 16.6. The summed E-state index contributed by atoms with van der Waals surface area (Å²) in [7, 11) is 0. The number of unbranched alkanes of at least 4 members (excludes halogenated alkanes) is 3. The first kappa shape index (κ1) is 17.9. The highest BCUT2D eigenvalue weighted by molar-refractivity contribution is 5.70. The van der Waals surface area contributed by atoms with Crippen LogP contribution >= 0.6 is 0 Å². The Hall–Kier alpha value is -1.10. The lowest BCUT2D eigenvalue weighted by molar-refractivity contribution is -0.161. The van der Waals surface area contributed by atoms with E-state index in [1.165, 1.54) is 0 Å². The average molecular weight is 274 g/mol.